The molecular weight excluding hydrogens is 358 g/mol. The number of unbranched alkanes of at least 4 members (excludes halogenated alkanes) is 1. The minimum Gasteiger partial charge on any atom is -0.499 e. The lowest BCUT2D eigenvalue weighted by atomic mass is 10.1. The van der Waals surface area contributed by atoms with Crippen molar-refractivity contribution in [3.63, 3.8) is 0 Å². The van der Waals surface area contributed by atoms with Gasteiger partial charge in [0.25, 0.3) is 10.0 Å². The first-order valence-corrected chi connectivity index (χ1v) is 10.9. The first-order chi connectivity index (χ1) is 13.0. The number of aryl methyl sites for hydroxylation is 1. The summed E-state index contributed by atoms with van der Waals surface area (Å²) in [5.74, 6) is 0.734. The fourth-order valence-electron chi connectivity index (χ4n) is 3.56. The first kappa shape index (κ1) is 19.5. The molecule has 2 aromatic rings. The molecule has 0 aliphatic carbocycles. The highest BCUT2D eigenvalue weighted by atomic mass is 32.2. The molecule has 0 fully saturated rings. The lowest BCUT2D eigenvalue weighted by Gasteiger charge is -2.29. The van der Waals surface area contributed by atoms with Gasteiger partial charge < -0.3 is 4.74 Å². The fourth-order valence-corrected chi connectivity index (χ4v) is 5.29. The van der Waals surface area contributed by atoms with Gasteiger partial charge in [0.2, 0.25) is 0 Å². The van der Waals surface area contributed by atoms with Crippen LogP contribution in [0.3, 0.4) is 0 Å². The molecule has 0 radical (unpaired) electrons. The zero-order valence-corrected chi connectivity index (χ0v) is 17.0. The molecule has 3 rings (SSSR count). The number of nitrogens with zero attached hydrogens (tertiary/aromatic N) is 1. The summed E-state index contributed by atoms with van der Waals surface area (Å²) >= 11 is 0. The van der Waals surface area contributed by atoms with E-state index in [2.05, 4.69) is 6.92 Å². The summed E-state index contributed by atoms with van der Waals surface area (Å²) in [6.45, 7) is 4.07. The van der Waals surface area contributed by atoms with Crippen molar-refractivity contribution < 1.29 is 13.2 Å². The fraction of sp³-hybridized carbons (Fsp3) is 0.364. The van der Waals surface area contributed by atoms with Crippen molar-refractivity contribution >= 4 is 15.7 Å². The smallest absolute Gasteiger partial charge is 0.264 e. The third kappa shape index (κ3) is 3.88. The van der Waals surface area contributed by atoms with Gasteiger partial charge in [0, 0.05) is 12.0 Å². The molecule has 1 aliphatic heterocycles. The Balaban J connectivity index is 2.12. The maximum Gasteiger partial charge on any atom is 0.264 e. The zero-order chi connectivity index (χ0) is 19.4. The van der Waals surface area contributed by atoms with Crippen molar-refractivity contribution in [1.82, 2.24) is 4.31 Å². The number of benzene rings is 2. The molecule has 0 aromatic heterocycles. The molecule has 2 aromatic carbocycles. The van der Waals surface area contributed by atoms with E-state index in [9.17, 15) is 8.42 Å². The van der Waals surface area contributed by atoms with Crippen LogP contribution in [0.15, 0.2) is 65.3 Å². The van der Waals surface area contributed by atoms with E-state index in [1.54, 1.807) is 23.5 Å². The summed E-state index contributed by atoms with van der Waals surface area (Å²) in [5.41, 5.74) is 2.57. The molecule has 1 heterocycles. The molecular formula is C22H27NO3S. The number of rotatable bonds is 7. The molecule has 0 amide bonds. The normalized spacial score (nSPS) is 17.4. The Hall–Kier alpha value is -2.27. The molecule has 27 heavy (non-hydrogen) atoms. The van der Waals surface area contributed by atoms with E-state index < -0.39 is 10.0 Å². The molecule has 0 bridgehead atoms. The van der Waals surface area contributed by atoms with E-state index in [0.717, 1.165) is 36.1 Å². The number of methoxy groups -OCH3 is 1. The predicted molar refractivity (Wildman–Crippen MR) is 109 cm³/mol. The molecule has 0 unspecified atom stereocenters. The van der Waals surface area contributed by atoms with Crippen molar-refractivity contribution in [2.24, 2.45) is 0 Å². The summed E-state index contributed by atoms with van der Waals surface area (Å²) in [6, 6.07) is 16.6. The summed E-state index contributed by atoms with van der Waals surface area (Å²) < 4.78 is 34.4. The van der Waals surface area contributed by atoms with Crippen LogP contribution in [-0.2, 0) is 14.8 Å². The highest BCUT2D eigenvalue weighted by molar-refractivity contribution is 7.89. The quantitative estimate of drug-likeness (QED) is 0.676. The average Bonchev–Trinajstić information content (AvgIpc) is 3.07. The Bertz CT molecular complexity index is 902. The van der Waals surface area contributed by atoms with Crippen LogP contribution in [0.25, 0.3) is 5.70 Å². The number of hydrogen-bond donors (Lipinski definition) is 0. The minimum atomic E-state index is -3.68. The molecule has 144 valence electrons. The second kappa shape index (κ2) is 8.17. The highest BCUT2D eigenvalue weighted by Gasteiger charge is 2.41. The van der Waals surface area contributed by atoms with Gasteiger partial charge in [-0.1, -0.05) is 67.8 Å². The van der Waals surface area contributed by atoms with E-state index >= 15 is 0 Å². The molecule has 4 nitrogen and oxygen atoms in total. The van der Waals surface area contributed by atoms with Gasteiger partial charge in [0.05, 0.1) is 23.7 Å². The van der Waals surface area contributed by atoms with Crippen LogP contribution in [0.5, 0.6) is 0 Å². The van der Waals surface area contributed by atoms with Crippen LogP contribution in [0.4, 0.5) is 0 Å². The van der Waals surface area contributed by atoms with Gasteiger partial charge in [-0.25, -0.2) is 8.42 Å². The summed E-state index contributed by atoms with van der Waals surface area (Å²) in [6.07, 6.45) is 3.41. The molecule has 1 aliphatic rings. The van der Waals surface area contributed by atoms with Crippen molar-refractivity contribution in [2.45, 2.75) is 50.5 Å². The summed E-state index contributed by atoms with van der Waals surface area (Å²) in [4.78, 5) is 0.320. The third-order valence-electron chi connectivity index (χ3n) is 5.00. The molecule has 0 N–H and O–H groups in total. The van der Waals surface area contributed by atoms with Crippen molar-refractivity contribution in [2.75, 3.05) is 7.11 Å². The van der Waals surface area contributed by atoms with Gasteiger partial charge >= 0.3 is 0 Å². The number of ether oxygens (including phenoxy) is 1. The SMILES string of the molecule is CCCC[C@H]1CC(OC)=C(c2ccccc2)N1S(=O)(=O)c1ccc(C)cc1. The maximum absolute atomic E-state index is 13.6. The highest BCUT2D eigenvalue weighted by Crippen LogP contribution is 2.41. The van der Waals surface area contributed by atoms with Gasteiger partial charge in [-0.15, -0.1) is 0 Å². The van der Waals surface area contributed by atoms with E-state index in [0.29, 0.717) is 17.0 Å². The van der Waals surface area contributed by atoms with Crippen LogP contribution in [0.2, 0.25) is 0 Å². The second-order valence-electron chi connectivity index (χ2n) is 6.96. The number of sulfonamides is 1. The second-order valence-corrected chi connectivity index (χ2v) is 8.77. The zero-order valence-electron chi connectivity index (χ0n) is 16.2. The van der Waals surface area contributed by atoms with Crippen LogP contribution in [-0.4, -0.2) is 25.9 Å². The van der Waals surface area contributed by atoms with Crippen molar-refractivity contribution in [1.29, 1.82) is 0 Å². The van der Waals surface area contributed by atoms with E-state index in [-0.39, 0.29) is 6.04 Å². The van der Waals surface area contributed by atoms with E-state index in [1.165, 1.54) is 0 Å². The predicted octanol–water partition coefficient (Wildman–Crippen LogP) is 4.96. The topological polar surface area (TPSA) is 46.6 Å². The Morgan fingerprint density at radius 2 is 1.74 bits per heavy atom. The maximum atomic E-state index is 13.6. The molecule has 0 spiro atoms. The van der Waals surface area contributed by atoms with Gasteiger partial charge in [-0.3, -0.25) is 4.31 Å². The largest absolute Gasteiger partial charge is 0.499 e. The van der Waals surface area contributed by atoms with E-state index in [4.69, 9.17) is 4.74 Å². The Morgan fingerprint density at radius 1 is 1.07 bits per heavy atom. The lowest BCUT2D eigenvalue weighted by Crippen LogP contribution is -2.35. The first-order valence-electron chi connectivity index (χ1n) is 9.42. The summed E-state index contributed by atoms with van der Waals surface area (Å²) in [5, 5.41) is 0. The van der Waals surface area contributed by atoms with Gasteiger partial charge in [-0.2, -0.15) is 0 Å². The molecule has 1 atom stereocenters. The number of hydrogen-bond acceptors (Lipinski definition) is 3. The third-order valence-corrected chi connectivity index (χ3v) is 6.87. The van der Waals surface area contributed by atoms with Crippen LogP contribution in [0, 0.1) is 6.92 Å². The van der Waals surface area contributed by atoms with Crippen LogP contribution >= 0.6 is 0 Å². The monoisotopic (exact) mass is 385 g/mol. The minimum absolute atomic E-state index is 0.124. The van der Waals surface area contributed by atoms with Gasteiger partial charge in [-0.05, 0) is 25.5 Å². The van der Waals surface area contributed by atoms with E-state index in [1.807, 2.05) is 49.4 Å². The summed E-state index contributed by atoms with van der Waals surface area (Å²) in [7, 11) is -2.06. The van der Waals surface area contributed by atoms with Crippen LogP contribution in [0.1, 0.15) is 43.7 Å². The van der Waals surface area contributed by atoms with Crippen molar-refractivity contribution in [3.8, 4) is 0 Å². The lowest BCUT2D eigenvalue weighted by molar-refractivity contribution is 0.276. The standard InChI is InChI=1S/C22H27NO3S/c1-4-5-11-19-16-21(26-3)22(18-9-7-6-8-10-18)23(19)27(24,25)20-14-12-17(2)13-15-20/h6-10,12-15,19H,4-5,11,16H2,1-3H3/t19-/m0/s1. The van der Waals surface area contributed by atoms with Crippen molar-refractivity contribution in [3.05, 3.63) is 71.5 Å². The molecule has 0 saturated heterocycles. The van der Waals surface area contributed by atoms with Gasteiger partial charge in [0.15, 0.2) is 0 Å². The Kier molecular flexibility index (Phi) is 5.90. The molecule has 5 heteroatoms. The van der Waals surface area contributed by atoms with Crippen LogP contribution < -0.4 is 0 Å². The molecule has 0 saturated carbocycles. The Morgan fingerprint density at radius 3 is 2.33 bits per heavy atom. The average molecular weight is 386 g/mol. The Labute approximate surface area is 162 Å². The van der Waals surface area contributed by atoms with Gasteiger partial charge in [0.1, 0.15) is 5.76 Å².